The van der Waals surface area contributed by atoms with Crippen LogP contribution in [0.5, 0.6) is 5.75 Å². The number of amides is 2. The fourth-order valence-corrected chi connectivity index (χ4v) is 3.54. The second-order valence-corrected chi connectivity index (χ2v) is 8.05. The molecule has 2 N–H and O–H groups in total. The first-order valence-corrected chi connectivity index (χ1v) is 10.7. The number of carbonyl (C=O) groups excluding carboxylic acids is 2. The normalized spacial score (nSPS) is 13.7. The zero-order valence-electron chi connectivity index (χ0n) is 18.1. The molecule has 3 rings (SSSR count). The molecule has 2 amide bonds. The molecule has 7 nitrogen and oxygen atoms in total. The summed E-state index contributed by atoms with van der Waals surface area (Å²) in [6.45, 7) is 8.58. The summed E-state index contributed by atoms with van der Waals surface area (Å²) in [5.74, 6) is 0.554. The van der Waals surface area contributed by atoms with Gasteiger partial charge in [-0.15, -0.1) is 0 Å². The molecule has 31 heavy (non-hydrogen) atoms. The molecule has 0 spiro atoms. The molecule has 1 saturated heterocycles. The van der Waals surface area contributed by atoms with Crippen LogP contribution in [0.1, 0.15) is 31.1 Å². The fraction of sp³-hybridized carbons (Fsp3) is 0.348. The van der Waals surface area contributed by atoms with Crippen molar-refractivity contribution in [1.29, 1.82) is 0 Å². The number of thiocarbonyl (C=S) groups is 1. The van der Waals surface area contributed by atoms with Gasteiger partial charge in [0, 0.05) is 50.0 Å². The summed E-state index contributed by atoms with van der Waals surface area (Å²) in [5.41, 5.74) is 2.38. The van der Waals surface area contributed by atoms with Crippen molar-refractivity contribution in [3.8, 4) is 5.75 Å². The van der Waals surface area contributed by atoms with Crippen LogP contribution in [0.25, 0.3) is 0 Å². The van der Waals surface area contributed by atoms with Gasteiger partial charge >= 0.3 is 0 Å². The van der Waals surface area contributed by atoms with E-state index < -0.39 is 0 Å². The Labute approximate surface area is 188 Å². The lowest BCUT2D eigenvalue weighted by molar-refractivity contribution is -0.129. The molecule has 1 aliphatic rings. The average Bonchev–Trinajstić information content (AvgIpc) is 2.74. The van der Waals surface area contributed by atoms with Gasteiger partial charge in [-0.1, -0.05) is 0 Å². The average molecular weight is 441 g/mol. The van der Waals surface area contributed by atoms with Gasteiger partial charge in [0.1, 0.15) is 5.75 Å². The topological polar surface area (TPSA) is 73.9 Å². The Morgan fingerprint density at radius 3 is 2.13 bits per heavy atom. The van der Waals surface area contributed by atoms with Gasteiger partial charge in [-0.05, 0) is 74.6 Å². The number of benzene rings is 2. The van der Waals surface area contributed by atoms with Crippen molar-refractivity contribution >= 4 is 40.5 Å². The number of piperazine rings is 1. The first-order chi connectivity index (χ1) is 14.8. The summed E-state index contributed by atoms with van der Waals surface area (Å²) in [6.07, 6.45) is 0.0768. The summed E-state index contributed by atoms with van der Waals surface area (Å²) in [6, 6.07) is 14.8. The molecule has 0 atom stereocenters. The summed E-state index contributed by atoms with van der Waals surface area (Å²) in [5, 5.41) is 5.96. The first-order valence-electron chi connectivity index (χ1n) is 10.3. The van der Waals surface area contributed by atoms with E-state index in [0.717, 1.165) is 43.3 Å². The number of carbonyl (C=O) groups is 2. The molecule has 1 fully saturated rings. The SMILES string of the molecule is CC(=O)N1CCN(c2ccc(NC(=S)NC(=O)c3ccc(OC(C)C)cc3)cc2)CC1. The zero-order valence-corrected chi connectivity index (χ0v) is 18.9. The van der Waals surface area contributed by atoms with Gasteiger partial charge in [0.2, 0.25) is 5.91 Å². The Hall–Kier alpha value is -3.13. The highest BCUT2D eigenvalue weighted by molar-refractivity contribution is 7.80. The van der Waals surface area contributed by atoms with E-state index >= 15 is 0 Å². The molecule has 2 aromatic carbocycles. The molecule has 1 heterocycles. The van der Waals surface area contributed by atoms with Gasteiger partial charge in [0.25, 0.3) is 5.91 Å². The Morgan fingerprint density at radius 1 is 0.968 bits per heavy atom. The van der Waals surface area contributed by atoms with Crippen molar-refractivity contribution in [2.75, 3.05) is 36.4 Å². The molecule has 0 unspecified atom stereocenters. The number of hydrogen-bond acceptors (Lipinski definition) is 5. The highest BCUT2D eigenvalue weighted by atomic mass is 32.1. The van der Waals surface area contributed by atoms with Gasteiger partial charge in [-0.25, -0.2) is 0 Å². The first kappa shape index (κ1) is 22.6. The van der Waals surface area contributed by atoms with Gasteiger partial charge < -0.3 is 19.9 Å². The van der Waals surface area contributed by atoms with Crippen molar-refractivity contribution in [3.05, 3.63) is 54.1 Å². The van der Waals surface area contributed by atoms with Crippen molar-refractivity contribution in [2.24, 2.45) is 0 Å². The van der Waals surface area contributed by atoms with Crippen LogP contribution in [0.3, 0.4) is 0 Å². The van der Waals surface area contributed by atoms with E-state index in [1.54, 1.807) is 31.2 Å². The minimum absolute atomic E-state index is 0.0768. The van der Waals surface area contributed by atoms with Crippen molar-refractivity contribution in [2.45, 2.75) is 26.9 Å². The molecule has 2 aromatic rings. The van der Waals surface area contributed by atoms with Crippen LogP contribution in [-0.2, 0) is 4.79 Å². The van der Waals surface area contributed by atoms with Crippen LogP contribution in [0.15, 0.2) is 48.5 Å². The third kappa shape index (κ3) is 6.42. The molecule has 8 heteroatoms. The number of nitrogens with zero attached hydrogens (tertiary/aromatic N) is 2. The number of hydrogen-bond donors (Lipinski definition) is 2. The molecular weight excluding hydrogens is 412 g/mol. The maximum atomic E-state index is 12.4. The van der Waals surface area contributed by atoms with E-state index in [0.29, 0.717) is 5.56 Å². The minimum atomic E-state index is -0.284. The maximum absolute atomic E-state index is 12.4. The summed E-state index contributed by atoms with van der Waals surface area (Å²) in [7, 11) is 0. The molecule has 0 aliphatic carbocycles. The molecule has 0 saturated carbocycles. The van der Waals surface area contributed by atoms with Crippen LogP contribution in [0.2, 0.25) is 0 Å². The second kappa shape index (κ2) is 10.3. The Bertz CT molecular complexity index is 921. The molecule has 0 radical (unpaired) electrons. The van der Waals surface area contributed by atoms with Gasteiger partial charge in [0.15, 0.2) is 5.11 Å². The third-order valence-electron chi connectivity index (χ3n) is 4.93. The van der Waals surface area contributed by atoms with Crippen molar-refractivity contribution in [1.82, 2.24) is 10.2 Å². The van der Waals surface area contributed by atoms with E-state index in [-0.39, 0.29) is 23.0 Å². The van der Waals surface area contributed by atoms with E-state index in [9.17, 15) is 9.59 Å². The number of ether oxygens (including phenoxy) is 1. The lowest BCUT2D eigenvalue weighted by atomic mass is 10.2. The van der Waals surface area contributed by atoms with E-state index in [2.05, 4.69) is 15.5 Å². The van der Waals surface area contributed by atoms with Gasteiger partial charge in [-0.2, -0.15) is 0 Å². The summed E-state index contributed by atoms with van der Waals surface area (Å²) in [4.78, 5) is 28.0. The van der Waals surface area contributed by atoms with Crippen molar-refractivity contribution < 1.29 is 14.3 Å². The lowest BCUT2D eigenvalue weighted by Crippen LogP contribution is -2.48. The van der Waals surface area contributed by atoms with Crippen LogP contribution >= 0.6 is 12.2 Å². The van der Waals surface area contributed by atoms with E-state index in [1.807, 2.05) is 43.0 Å². The van der Waals surface area contributed by atoms with Gasteiger partial charge in [-0.3, -0.25) is 14.9 Å². The molecule has 0 bridgehead atoms. The number of anilines is 2. The van der Waals surface area contributed by atoms with Crippen LogP contribution in [-0.4, -0.2) is 54.1 Å². The van der Waals surface area contributed by atoms with Crippen LogP contribution in [0.4, 0.5) is 11.4 Å². The molecular formula is C23H28N4O3S. The predicted molar refractivity (Wildman–Crippen MR) is 127 cm³/mol. The highest BCUT2D eigenvalue weighted by Crippen LogP contribution is 2.20. The van der Waals surface area contributed by atoms with Crippen LogP contribution in [0, 0.1) is 0 Å². The Morgan fingerprint density at radius 2 is 1.58 bits per heavy atom. The minimum Gasteiger partial charge on any atom is -0.491 e. The molecule has 164 valence electrons. The third-order valence-corrected chi connectivity index (χ3v) is 5.13. The number of nitrogens with one attached hydrogen (secondary N) is 2. The quantitative estimate of drug-likeness (QED) is 0.696. The van der Waals surface area contributed by atoms with Crippen molar-refractivity contribution in [3.63, 3.8) is 0 Å². The second-order valence-electron chi connectivity index (χ2n) is 7.64. The lowest BCUT2D eigenvalue weighted by Gasteiger charge is -2.35. The number of rotatable bonds is 5. The monoisotopic (exact) mass is 440 g/mol. The van der Waals surface area contributed by atoms with E-state index in [4.69, 9.17) is 17.0 Å². The van der Waals surface area contributed by atoms with E-state index in [1.165, 1.54) is 0 Å². The smallest absolute Gasteiger partial charge is 0.257 e. The Balaban J connectivity index is 1.50. The Kier molecular flexibility index (Phi) is 7.46. The molecule has 1 aliphatic heterocycles. The standard InChI is InChI=1S/C23H28N4O3S/c1-16(2)30-21-10-4-18(5-11-21)22(29)25-23(31)24-19-6-8-20(9-7-19)27-14-12-26(13-15-27)17(3)28/h4-11,16H,12-15H2,1-3H3,(H2,24,25,29,31). The van der Waals surface area contributed by atoms with Gasteiger partial charge in [0.05, 0.1) is 6.10 Å². The predicted octanol–water partition coefficient (Wildman–Crippen LogP) is 3.27. The largest absolute Gasteiger partial charge is 0.491 e. The summed E-state index contributed by atoms with van der Waals surface area (Å²) >= 11 is 5.27. The fourth-order valence-electron chi connectivity index (χ4n) is 3.33. The summed E-state index contributed by atoms with van der Waals surface area (Å²) < 4.78 is 5.59. The highest BCUT2D eigenvalue weighted by Gasteiger charge is 2.18. The molecule has 0 aromatic heterocycles. The van der Waals surface area contributed by atoms with Crippen LogP contribution < -0.4 is 20.3 Å². The maximum Gasteiger partial charge on any atom is 0.257 e. The zero-order chi connectivity index (χ0) is 22.4.